The van der Waals surface area contributed by atoms with Gasteiger partial charge in [-0.3, -0.25) is 4.98 Å². The Kier molecular flexibility index (Phi) is 6.06. The normalized spacial score (nSPS) is 11.6. The van der Waals surface area contributed by atoms with E-state index in [0.29, 0.717) is 29.4 Å². The van der Waals surface area contributed by atoms with Gasteiger partial charge in [0.15, 0.2) is 0 Å². The maximum absolute atomic E-state index is 10.5. The first-order valence-electron chi connectivity index (χ1n) is 8.32. The molecule has 0 spiro atoms. The maximum atomic E-state index is 10.5. The molecule has 0 aliphatic heterocycles. The number of ether oxygens (including phenoxy) is 3. The molecule has 134 valence electrons. The van der Waals surface area contributed by atoms with Crippen molar-refractivity contribution < 1.29 is 19.3 Å². The molecule has 1 unspecified atom stereocenters. The van der Waals surface area contributed by atoms with Gasteiger partial charge in [0.2, 0.25) is 0 Å². The van der Waals surface area contributed by atoms with Crippen LogP contribution in [0.3, 0.4) is 0 Å². The topological polar surface area (TPSA) is 60.8 Å². The molecule has 0 aliphatic carbocycles. The van der Waals surface area contributed by atoms with Crippen LogP contribution in [-0.4, -0.2) is 23.8 Å². The SMILES string of the molecule is COc1ccc(OCc2ccccc2)cc1C(O)COc1cccnc1. The Balaban J connectivity index is 1.68. The maximum Gasteiger partial charge on any atom is 0.137 e. The van der Waals surface area contributed by atoms with E-state index < -0.39 is 6.10 Å². The van der Waals surface area contributed by atoms with E-state index in [1.54, 1.807) is 43.8 Å². The van der Waals surface area contributed by atoms with Gasteiger partial charge in [0.05, 0.1) is 13.3 Å². The van der Waals surface area contributed by atoms with Crippen molar-refractivity contribution in [3.05, 3.63) is 84.2 Å². The zero-order valence-corrected chi connectivity index (χ0v) is 14.5. The van der Waals surface area contributed by atoms with Crippen LogP contribution < -0.4 is 14.2 Å². The molecule has 3 rings (SSSR count). The van der Waals surface area contributed by atoms with Gasteiger partial charge in [0, 0.05) is 11.8 Å². The Morgan fingerprint density at radius 2 is 1.81 bits per heavy atom. The zero-order chi connectivity index (χ0) is 18.2. The number of aromatic nitrogens is 1. The molecule has 1 aromatic heterocycles. The van der Waals surface area contributed by atoms with E-state index in [1.165, 1.54) is 0 Å². The van der Waals surface area contributed by atoms with Gasteiger partial charge in [-0.1, -0.05) is 30.3 Å². The first kappa shape index (κ1) is 17.8. The molecule has 0 fully saturated rings. The number of benzene rings is 2. The van der Waals surface area contributed by atoms with E-state index in [9.17, 15) is 5.11 Å². The van der Waals surface area contributed by atoms with Crippen molar-refractivity contribution in [2.24, 2.45) is 0 Å². The fraction of sp³-hybridized carbons (Fsp3) is 0.190. The summed E-state index contributed by atoms with van der Waals surface area (Å²) in [5.74, 6) is 1.84. The van der Waals surface area contributed by atoms with Gasteiger partial charge in [0.1, 0.15) is 36.6 Å². The second kappa shape index (κ2) is 8.87. The number of aliphatic hydroxyl groups is 1. The number of hydrogen-bond donors (Lipinski definition) is 1. The molecule has 1 atom stereocenters. The number of hydrogen-bond acceptors (Lipinski definition) is 5. The molecule has 1 heterocycles. The van der Waals surface area contributed by atoms with Crippen molar-refractivity contribution in [3.63, 3.8) is 0 Å². The van der Waals surface area contributed by atoms with Gasteiger partial charge in [-0.25, -0.2) is 0 Å². The molecule has 0 amide bonds. The number of rotatable bonds is 8. The molecule has 0 radical (unpaired) electrons. The van der Waals surface area contributed by atoms with Crippen molar-refractivity contribution >= 4 is 0 Å². The summed E-state index contributed by atoms with van der Waals surface area (Å²) < 4.78 is 16.8. The van der Waals surface area contributed by atoms with Gasteiger partial charge >= 0.3 is 0 Å². The lowest BCUT2D eigenvalue weighted by atomic mass is 10.1. The summed E-state index contributed by atoms with van der Waals surface area (Å²) >= 11 is 0. The molecule has 1 N–H and O–H groups in total. The zero-order valence-electron chi connectivity index (χ0n) is 14.5. The van der Waals surface area contributed by atoms with Gasteiger partial charge in [-0.2, -0.15) is 0 Å². The molecule has 0 bridgehead atoms. The standard InChI is InChI=1S/C21H21NO4/c1-24-21-10-9-17(25-14-16-6-3-2-4-7-16)12-19(21)20(23)15-26-18-8-5-11-22-13-18/h2-13,20,23H,14-15H2,1H3. The van der Waals surface area contributed by atoms with Crippen LogP contribution >= 0.6 is 0 Å². The largest absolute Gasteiger partial charge is 0.496 e. The lowest BCUT2D eigenvalue weighted by Crippen LogP contribution is -2.11. The van der Waals surface area contributed by atoms with Crippen molar-refractivity contribution in [1.82, 2.24) is 4.98 Å². The number of nitrogens with zero attached hydrogens (tertiary/aromatic N) is 1. The number of methoxy groups -OCH3 is 1. The van der Waals surface area contributed by atoms with Crippen molar-refractivity contribution in [2.45, 2.75) is 12.7 Å². The van der Waals surface area contributed by atoms with E-state index >= 15 is 0 Å². The van der Waals surface area contributed by atoms with Crippen LogP contribution in [0.5, 0.6) is 17.2 Å². The predicted molar refractivity (Wildman–Crippen MR) is 98.5 cm³/mol. The van der Waals surface area contributed by atoms with E-state index in [4.69, 9.17) is 14.2 Å². The highest BCUT2D eigenvalue weighted by Crippen LogP contribution is 2.30. The highest BCUT2D eigenvalue weighted by Gasteiger charge is 2.16. The second-order valence-electron chi connectivity index (χ2n) is 5.69. The highest BCUT2D eigenvalue weighted by molar-refractivity contribution is 5.42. The molecule has 5 heteroatoms. The van der Waals surface area contributed by atoms with Crippen LogP contribution in [0.25, 0.3) is 0 Å². The van der Waals surface area contributed by atoms with Crippen LogP contribution in [0, 0.1) is 0 Å². The molecule has 5 nitrogen and oxygen atoms in total. The van der Waals surface area contributed by atoms with E-state index in [0.717, 1.165) is 5.56 Å². The Hall–Kier alpha value is -3.05. The summed E-state index contributed by atoms with van der Waals surface area (Å²) in [5, 5.41) is 10.5. The minimum atomic E-state index is -0.856. The minimum absolute atomic E-state index is 0.0875. The third kappa shape index (κ3) is 4.74. The summed E-state index contributed by atoms with van der Waals surface area (Å²) in [6.45, 7) is 0.541. The first-order chi connectivity index (χ1) is 12.8. The molecule has 3 aromatic rings. The van der Waals surface area contributed by atoms with E-state index in [2.05, 4.69) is 4.98 Å². The Morgan fingerprint density at radius 3 is 2.54 bits per heavy atom. The van der Waals surface area contributed by atoms with Crippen molar-refractivity contribution in [2.75, 3.05) is 13.7 Å². The van der Waals surface area contributed by atoms with E-state index in [-0.39, 0.29) is 6.61 Å². The lowest BCUT2D eigenvalue weighted by molar-refractivity contribution is 0.105. The quantitative estimate of drug-likeness (QED) is 0.669. The number of aliphatic hydroxyl groups excluding tert-OH is 1. The number of pyridine rings is 1. The Morgan fingerprint density at radius 1 is 0.962 bits per heavy atom. The molecule has 0 saturated carbocycles. The molecule has 26 heavy (non-hydrogen) atoms. The van der Waals surface area contributed by atoms with Gasteiger partial charge in [-0.05, 0) is 35.9 Å². The molecular weight excluding hydrogens is 330 g/mol. The molecule has 2 aromatic carbocycles. The average molecular weight is 351 g/mol. The average Bonchev–Trinajstić information content (AvgIpc) is 2.72. The van der Waals surface area contributed by atoms with Gasteiger partial charge in [-0.15, -0.1) is 0 Å². The first-order valence-corrected chi connectivity index (χ1v) is 8.32. The highest BCUT2D eigenvalue weighted by atomic mass is 16.5. The molecule has 0 saturated heterocycles. The third-order valence-corrected chi connectivity index (χ3v) is 3.85. The predicted octanol–water partition coefficient (Wildman–Crippen LogP) is 3.78. The summed E-state index contributed by atoms with van der Waals surface area (Å²) in [7, 11) is 1.57. The smallest absolute Gasteiger partial charge is 0.137 e. The summed E-state index contributed by atoms with van der Waals surface area (Å²) in [5.41, 5.74) is 1.69. The summed E-state index contributed by atoms with van der Waals surface area (Å²) in [6, 6.07) is 18.9. The van der Waals surface area contributed by atoms with Gasteiger partial charge in [0.25, 0.3) is 0 Å². The Bertz CT molecular complexity index is 809. The van der Waals surface area contributed by atoms with Crippen LogP contribution in [0.15, 0.2) is 73.1 Å². The lowest BCUT2D eigenvalue weighted by Gasteiger charge is -2.17. The second-order valence-corrected chi connectivity index (χ2v) is 5.69. The van der Waals surface area contributed by atoms with Crippen LogP contribution in [0.4, 0.5) is 0 Å². The molecular formula is C21H21NO4. The monoisotopic (exact) mass is 351 g/mol. The fourth-order valence-corrected chi connectivity index (χ4v) is 2.50. The van der Waals surface area contributed by atoms with Crippen molar-refractivity contribution in [1.29, 1.82) is 0 Å². The van der Waals surface area contributed by atoms with E-state index in [1.807, 2.05) is 36.4 Å². The molecule has 0 aliphatic rings. The minimum Gasteiger partial charge on any atom is -0.496 e. The third-order valence-electron chi connectivity index (χ3n) is 3.85. The Labute approximate surface area is 152 Å². The van der Waals surface area contributed by atoms with Crippen LogP contribution in [-0.2, 0) is 6.61 Å². The van der Waals surface area contributed by atoms with Crippen LogP contribution in [0.1, 0.15) is 17.2 Å². The van der Waals surface area contributed by atoms with Gasteiger partial charge < -0.3 is 19.3 Å². The van der Waals surface area contributed by atoms with Crippen LogP contribution in [0.2, 0.25) is 0 Å². The van der Waals surface area contributed by atoms with Crippen molar-refractivity contribution in [3.8, 4) is 17.2 Å². The fourth-order valence-electron chi connectivity index (χ4n) is 2.50. The summed E-state index contributed by atoms with van der Waals surface area (Å²) in [6.07, 6.45) is 2.41. The summed E-state index contributed by atoms with van der Waals surface area (Å²) in [4.78, 5) is 3.99.